The molecule has 3 heteroatoms. The lowest BCUT2D eigenvalue weighted by Gasteiger charge is -2.05. The van der Waals surface area contributed by atoms with E-state index in [1.54, 1.807) is 0 Å². The summed E-state index contributed by atoms with van der Waals surface area (Å²) < 4.78 is 18.9. The van der Waals surface area contributed by atoms with Crippen molar-refractivity contribution in [3.05, 3.63) is 70.5 Å². The van der Waals surface area contributed by atoms with Crippen LogP contribution in [0.3, 0.4) is 0 Å². The summed E-state index contributed by atoms with van der Waals surface area (Å²) in [7, 11) is 0. The van der Waals surface area contributed by atoms with Gasteiger partial charge in [-0.15, -0.1) is 0 Å². The van der Waals surface area contributed by atoms with E-state index in [1.165, 1.54) is 23.8 Å². The van der Waals surface area contributed by atoms with Crippen molar-refractivity contribution >= 4 is 11.9 Å². The number of aryl methyl sites for hydroxylation is 1. The average molecular weight is 282 g/mol. The van der Waals surface area contributed by atoms with E-state index in [1.807, 2.05) is 37.3 Å². The molecule has 0 saturated heterocycles. The highest BCUT2D eigenvalue weighted by Crippen LogP contribution is 2.28. The minimum atomic E-state index is -0.428. The molecule has 0 bridgehead atoms. The number of rotatable bonds is 1. The van der Waals surface area contributed by atoms with Crippen molar-refractivity contribution in [2.45, 2.75) is 13.3 Å². The van der Waals surface area contributed by atoms with Crippen LogP contribution in [0.25, 0.3) is 6.08 Å². The lowest BCUT2D eigenvalue weighted by atomic mass is 9.98. The van der Waals surface area contributed by atoms with Gasteiger partial charge in [-0.1, -0.05) is 29.8 Å². The van der Waals surface area contributed by atoms with Crippen LogP contribution in [0.4, 0.5) is 4.39 Å². The van der Waals surface area contributed by atoms with Gasteiger partial charge in [0.2, 0.25) is 0 Å². The summed E-state index contributed by atoms with van der Waals surface area (Å²) in [4.78, 5) is 12.5. The molecule has 0 N–H and O–H groups in total. The van der Waals surface area contributed by atoms with Gasteiger partial charge in [0, 0.05) is 12.0 Å². The standard InChI is InChI=1S/C18H15FO2/c1-12-2-4-13(5-3-12)10-14-8-9-21-17-7-6-15(19)11-16(17)18(14)20/h2-7,10-11H,8-9H2,1H3/b14-10+. The molecule has 2 aromatic carbocycles. The van der Waals surface area contributed by atoms with E-state index in [-0.39, 0.29) is 5.78 Å². The molecule has 0 atom stereocenters. The van der Waals surface area contributed by atoms with E-state index in [0.29, 0.717) is 29.9 Å². The molecule has 1 heterocycles. The van der Waals surface area contributed by atoms with Gasteiger partial charge in [-0.2, -0.15) is 0 Å². The Kier molecular flexibility index (Phi) is 3.57. The van der Waals surface area contributed by atoms with Crippen molar-refractivity contribution in [3.8, 4) is 5.75 Å². The Hall–Kier alpha value is -2.42. The first-order valence-electron chi connectivity index (χ1n) is 6.88. The zero-order chi connectivity index (χ0) is 14.8. The molecule has 0 amide bonds. The van der Waals surface area contributed by atoms with Crippen LogP contribution < -0.4 is 4.74 Å². The number of hydrogen-bond acceptors (Lipinski definition) is 2. The van der Waals surface area contributed by atoms with Gasteiger partial charge in [0.1, 0.15) is 11.6 Å². The van der Waals surface area contributed by atoms with E-state index in [0.717, 1.165) is 5.56 Å². The fourth-order valence-electron chi connectivity index (χ4n) is 2.36. The maximum atomic E-state index is 13.4. The molecule has 21 heavy (non-hydrogen) atoms. The molecule has 0 unspecified atom stereocenters. The smallest absolute Gasteiger partial charge is 0.192 e. The molecule has 2 aromatic rings. The van der Waals surface area contributed by atoms with Crippen LogP contribution in [0.15, 0.2) is 48.0 Å². The Morgan fingerprint density at radius 1 is 1.14 bits per heavy atom. The quantitative estimate of drug-likeness (QED) is 0.733. The molecule has 0 saturated carbocycles. The summed E-state index contributed by atoms with van der Waals surface area (Å²) in [6.07, 6.45) is 2.37. The van der Waals surface area contributed by atoms with Crippen LogP contribution >= 0.6 is 0 Å². The molecule has 106 valence electrons. The summed E-state index contributed by atoms with van der Waals surface area (Å²) in [6.45, 7) is 2.43. The largest absolute Gasteiger partial charge is 0.492 e. The third-order valence-corrected chi connectivity index (χ3v) is 3.53. The first kappa shape index (κ1) is 13.6. The molecule has 0 aromatic heterocycles. The maximum absolute atomic E-state index is 13.4. The summed E-state index contributed by atoms with van der Waals surface area (Å²) in [5.74, 6) is -0.140. The molecule has 0 spiro atoms. The predicted octanol–water partition coefficient (Wildman–Crippen LogP) is 4.18. The second kappa shape index (κ2) is 5.52. The van der Waals surface area contributed by atoms with Gasteiger partial charge in [0.05, 0.1) is 12.2 Å². The van der Waals surface area contributed by atoms with Crippen LogP contribution in [-0.2, 0) is 0 Å². The highest BCUT2D eigenvalue weighted by Gasteiger charge is 2.21. The molecule has 2 nitrogen and oxygen atoms in total. The van der Waals surface area contributed by atoms with E-state index >= 15 is 0 Å². The second-order valence-electron chi connectivity index (χ2n) is 5.15. The van der Waals surface area contributed by atoms with Gasteiger partial charge in [-0.3, -0.25) is 4.79 Å². The highest BCUT2D eigenvalue weighted by atomic mass is 19.1. The number of benzene rings is 2. The van der Waals surface area contributed by atoms with E-state index in [2.05, 4.69) is 0 Å². The molecule has 0 aliphatic carbocycles. The van der Waals surface area contributed by atoms with Crippen LogP contribution in [0.5, 0.6) is 5.75 Å². The number of fused-ring (bicyclic) bond motifs is 1. The first-order chi connectivity index (χ1) is 10.1. The summed E-state index contributed by atoms with van der Waals surface area (Å²) in [6, 6.07) is 12.0. The van der Waals surface area contributed by atoms with Crippen molar-refractivity contribution in [1.29, 1.82) is 0 Å². The fraction of sp³-hybridized carbons (Fsp3) is 0.167. The minimum Gasteiger partial charge on any atom is -0.492 e. The van der Waals surface area contributed by atoms with Crippen LogP contribution in [0.1, 0.15) is 27.9 Å². The number of ether oxygens (including phenoxy) is 1. The van der Waals surface area contributed by atoms with E-state index in [9.17, 15) is 9.18 Å². The topological polar surface area (TPSA) is 26.3 Å². The zero-order valence-corrected chi connectivity index (χ0v) is 11.7. The van der Waals surface area contributed by atoms with Crippen molar-refractivity contribution in [3.63, 3.8) is 0 Å². The van der Waals surface area contributed by atoms with Gasteiger partial charge < -0.3 is 4.74 Å². The van der Waals surface area contributed by atoms with E-state index in [4.69, 9.17) is 4.74 Å². The number of hydrogen-bond donors (Lipinski definition) is 0. The number of Topliss-reactive ketones (excluding diaryl/α,β-unsaturated/α-hetero) is 1. The van der Waals surface area contributed by atoms with Crippen molar-refractivity contribution in [2.75, 3.05) is 6.61 Å². The van der Waals surface area contributed by atoms with Crippen LogP contribution in [0, 0.1) is 12.7 Å². The van der Waals surface area contributed by atoms with Gasteiger partial charge >= 0.3 is 0 Å². The number of halogens is 1. The Bertz CT molecular complexity index is 714. The van der Waals surface area contributed by atoms with Crippen LogP contribution in [-0.4, -0.2) is 12.4 Å². The molecule has 3 rings (SSSR count). The lowest BCUT2D eigenvalue weighted by molar-refractivity contribution is 0.103. The SMILES string of the molecule is Cc1ccc(/C=C2\CCOc3ccc(F)cc3C2=O)cc1. The van der Waals surface area contributed by atoms with Crippen molar-refractivity contribution in [1.82, 2.24) is 0 Å². The molecule has 1 aliphatic rings. The number of carbonyl (C=O) groups excluding carboxylic acids is 1. The lowest BCUT2D eigenvalue weighted by Crippen LogP contribution is -2.02. The fourth-order valence-corrected chi connectivity index (χ4v) is 2.36. The minimum absolute atomic E-state index is 0.164. The Morgan fingerprint density at radius 2 is 1.90 bits per heavy atom. The number of ketones is 1. The van der Waals surface area contributed by atoms with Gasteiger partial charge in [-0.25, -0.2) is 4.39 Å². The molecule has 0 radical (unpaired) electrons. The predicted molar refractivity (Wildman–Crippen MR) is 80.0 cm³/mol. The zero-order valence-electron chi connectivity index (χ0n) is 11.7. The molecule has 0 fully saturated rings. The Labute approximate surface area is 122 Å². The van der Waals surface area contributed by atoms with Crippen molar-refractivity contribution < 1.29 is 13.9 Å². The molecule has 1 aliphatic heterocycles. The number of carbonyl (C=O) groups is 1. The second-order valence-corrected chi connectivity index (χ2v) is 5.15. The first-order valence-corrected chi connectivity index (χ1v) is 6.88. The van der Waals surface area contributed by atoms with Gasteiger partial charge in [0.15, 0.2) is 5.78 Å². The van der Waals surface area contributed by atoms with E-state index < -0.39 is 5.82 Å². The Morgan fingerprint density at radius 3 is 2.67 bits per heavy atom. The van der Waals surface area contributed by atoms with Crippen LogP contribution in [0.2, 0.25) is 0 Å². The third-order valence-electron chi connectivity index (χ3n) is 3.53. The molecular weight excluding hydrogens is 267 g/mol. The highest BCUT2D eigenvalue weighted by molar-refractivity contribution is 6.13. The van der Waals surface area contributed by atoms with Crippen molar-refractivity contribution in [2.24, 2.45) is 0 Å². The molecular formula is C18H15FO2. The normalized spacial score (nSPS) is 16.3. The average Bonchev–Trinajstić information content (AvgIpc) is 2.62. The maximum Gasteiger partial charge on any atom is 0.192 e. The van der Waals surface area contributed by atoms with Gasteiger partial charge in [-0.05, 0) is 36.8 Å². The summed E-state index contributed by atoms with van der Waals surface area (Å²) in [5, 5.41) is 0. The summed E-state index contributed by atoms with van der Waals surface area (Å²) in [5.41, 5.74) is 3.07. The Balaban J connectivity index is 2.00. The summed E-state index contributed by atoms with van der Waals surface area (Å²) >= 11 is 0. The third kappa shape index (κ3) is 2.87. The van der Waals surface area contributed by atoms with Gasteiger partial charge in [0.25, 0.3) is 0 Å². The monoisotopic (exact) mass is 282 g/mol.